The fourth-order valence-electron chi connectivity index (χ4n) is 2.97. The summed E-state index contributed by atoms with van der Waals surface area (Å²) in [5.74, 6) is 1.05. The summed E-state index contributed by atoms with van der Waals surface area (Å²) in [6, 6.07) is 12.6. The molecule has 1 amide bonds. The first-order valence-corrected chi connectivity index (χ1v) is 10.6. The molecular formula is C20H24N2O5S. The smallest absolute Gasteiger partial charge is 0.261 e. The molecule has 0 radical (unpaired) electrons. The summed E-state index contributed by atoms with van der Waals surface area (Å²) >= 11 is 0. The number of rotatable bonds is 7. The Labute approximate surface area is 165 Å². The van der Waals surface area contributed by atoms with Crippen LogP contribution in [0.4, 0.5) is 5.69 Å². The van der Waals surface area contributed by atoms with Gasteiger partial charge in [0.05, 0.1) is 12.0 Å². The molecule has 1 heterocycles. The molecule has 3 rings (SSSR count). The zero-order valence-corrected chi connectivity index (χ0v) is 16.6. The molecule has 150 valence electrons. The summed E-state index contributed by atoms with van der Waals surface area (Å²) in [5.41, 5.74) is 0.438. The Morgan fingerprint density at radius 3 is 2.18 bits per heavy atom. The molecule has 1 N–H and O–H groups in total. The lowest BCUT2D eigenvalue weighted by Crippen LogP contribution is -2.38. The van der Waals surface area contributed by atoms with Crippen molar-refractivity contribution >= 4 is 21.6 Å². The second kappa shape index (κ2) is 8.97. The van der Waals surface area contributed by atoms with Crippen molar-refractivity contribution in [1.29, 1.82) is 0 Å². The van der Waals surface area contributed by atoms with Gasteiger partial charge in [0.1, 0.15) is 11.5 Å². The molecule has 1 fully saturated rings. The van der Waals surface area contributed by atoms with Crippen molar-refractivity contribution < 1.29 is 22.7 Å². The molecule has 8 heteroatoms. The monoisotopic (exact) mass is 404 g/mol. The van der Waals surface area contributed by atoms with Gasteiger partial charge in [-0.1, -0.05) is 0 Å². The van der Waals surface area contributed by atoms with Gasteiger partial charge >= 0.3 is 0 Å². The second-order valence-electron chi connectivity index (χ2n) is 6.54. The van der Waals surface area contributed by atoms with Gasteiger partial charge in [-0.3, -0.25) is 9.52 Å². The summed E-state index contributed by atoms with van der Waals surface area (Å²) in [4.78, 5) is 14.0. The maximum Gasteiger partial charge on any atom is 0.261 e. The van der Waals surface area contributed by atoms with Crippen LogP contribution in [0.1, 0.15) is 19.3 Å². The number of nitrogens with zero attached hydrogens (tertiary/aromatic N) is 1. The average Bonchev–Trinajstić information content (AvgIpc) is 2.73. The molecule has 1 aliphatic rings. The summed E-state index contributed by atoms with van der Waals surface area (Å²) in [5, 5.41) is 0. The third-order valence-electron chi connectivity index (χ3n) is 4.55. The van der Waals surface area contributed by atoms with Crippen molar-refractivity contribution in [2.45, 2.75) is 24.2 Å². The molecule has 0 aromatic heterocycles. The first-order valence-electron chi connectivity index (χ1n) is 9.15. The average molecular weight is 404 g/mol. The number of benzene rings is 2. The predicted molar refractivity (Wildman–Crippen MR) is 106 cm³/mol. The number of hydrogen-bond donors (Lipinski definition) is 1. The Morgan fingerprint density at radius 1 is 0.964 bits per heavy atom. The van der Waals surface area contributed by atoms with E-state index in [1.165, 1.54) is 12.1 Å². The quantitative estimate of drug-likeness (QED) is 0.767. The van der Waals surface area contributed by atoms with E-state index in [2.05, 4.69) is 4.72 Å². The number of carbonyl (C=O) groups excluding carboxylic acids is 1. The number of nitrogens with one attached hydrogen (secondary N) is 1. The van der Waals surface area contributed by atoms with Gasteiger partial charge < -0.3 is 14.4 Å². The Kier molecular flexibility index (Phi) is 6.41. The standard InChI is InChI=1S/C20H24N2O5S/c1-26-17-7-5-16(6-8-17)21-28(24,25)19-11-9-18(10-12-19)27-15-20(23)22-13-3-2-4-14-22/h5-12,21H,2-4,13-15H2,1H3. The number of sulfonamides is 1. The summed E-state index contributed by atoms with van der Waals surface area (Å²) in [7, 11) is -2.18. The molecule has 0 saturated carbocycles. The highest BCUT2D eigenvalue weighted by molar-refractivity contribution is 7.92. The highest BCUT2D eigenvalue weighted by Gasteiger charge is 2.17. The molecule has 0 spiro atoms. The summed E-state index contributed by atoms with van der Waals surface area (Å²) in [6.07, 6.45) is 3.21. The molecule has 2 aromatic rings. The van der Waals surface area contributed by atoms with E-state index in [0.29, 0.717) is 17.2 Å². The number of likely N-dealkylation sites (tertiary alicyclic amines) is 1. The van der Waals surface area contributed by atoms with E-state index in [1.54, 1.807) is 48.4 Å². The first kappa shape index (κ1) is 20.0. The highest BCUT2D eigenvalue weighted by atomic mass is 32.2. The molecule has 0 aliphatic carbocycles. The second-order valence-corrected chi connectivity index (χ2v) is 8.22. The van der Waals surface area contributed by atoms with Crippen LogP contribution < -0.4 is 14.2 Å². The Bertz CT molecular complexity index is 889. The third kappa shape index (κ3) is 5.16. The predicted octanol–water partition coefficient (Wildman–Crippen LogP) is 2.89. The molecule has 0 bridgehead atoms. The van der Waals surface area contributed by atoms with Crippen molar-refractivity contribution in [3.63, 3.8) is 0 Å². The van der Waals surface area contributed by atoms with Crippen molar-refractivity contribution in [3.05, 3.63) is 48.5 Å². The van der Waals surface area contributed by atoms with Crippen LogP contribution in [0.2, 0.25) is 0 Å². The van der Waals surface area contributed by atoms with Gasteiger partial charge in [-0.15, -0.1) is 0 Å². The van der Waals surface area contributed by atoms with E-state index in [4.69, 9.17) is 9.47 Å². The number of piperidine rings is 1. The van der Waals surface area contributed by atoms with Crippen LogP contribution >= 0.6 is 0 Å². The van der Waals surface area contributed by atoms with Crippen LogP contribution in [-0.4, -0.2) is 46.0 Å². The zero-order chi connectivity index (χ0) is 20.0. The lowest BCUT2D eigenvalue weighted by Gasteiger charge is -2.26. The molecular weight excluding hydrogens is 380 g/mol. The first-order chi connectivity index (χ1) is 13.5. The Balaban J connectivity index is 1.58. The van der Waals surface area contributed by atoms with Gasteiger partial charge in [0.25, 0.3) is 15.9 Å². The fraction of sp³-hybridized carbons (Fsp3) is 0.350. The molecule has 7 nitrogen and oxygen atoms in total. The van der Waals surface area contributed by atoms with E-state index in [9.17, 15) is 13.2 Å². The van der Waals surface area contributed by atoms with Crippen molar-refractivity contribution in [3.8, 4) is 11.5 Å². The molecule has 28 heavy (non-hydrogen) atoms. The lowest BCUT2D eigenvalue weighted by atomic mass is 10.1. The van der Waals surface area contributed by atoms with E-state index >= 15 is 0 Å². The maximum absolute atomic E-state index is 12.5. The van der Waals surface area contributed by atoms with Gasteiger partial charge in [0, 0.05) is 18.8 Å². The van der Waals surface area contributed by atoms with Gasteiger partial charge in [-0.25, -0.2) is 8.42 Å². The Morgan fingerprint density at radius 2 is 1.57 bits per heavy atom. The van der Waals surface area contributed by atoms with Gasteiger partial charge in [0.2, 0.25) is 0 Å². The van der Waals surface area contributed by atoms with Gasteiger partial charge in [-0.05, 0) is 67.8 Å². The lowest BCUT2D eigenvalue weighted by molar-refractivity contribution is -0.134. The van der Waals surface area contributed by atoms with E-state index in [0.717, 1.165) is 32.4 Å². The third-order valence-corrected chi connectivity index (χ3v) is 5.94. The SMILES string of the molecule is COc1ccc(NS(=O)(=O)c2ccc(OCC(=O)N3CCCCC3)cc2)cc1. The van der Waals surface area contributed by atoms with Crippen LogP contribution in [0.5, 0.6) is 11.5 Å². The normalized spacial score (nSPS) is 14.4. The van der Waals surface area contributed by atoms with E-state index in [-0.39, 0.29) is 17.4 Å². The number of ether oxygens (including phenoxy) is 2. The van der Waals surface area contributed by atoms with Gasteiger partial charge in [-0.2, -0.15) is 0 Å². The van der Waals surface area contributed by atoms with Crippen LogP contribution in [0.25, 0.3) is 0 Å². The largest absolute Gasteiger partial charge is 0.497 e. The molecule has 0 unspecified atom stereocenters. The van der Waals surface area contributed by atoms with Crippen LogP contribution in [0.15, 0.2) is 53.4 Å². The summed E-state index contributed by atoms with van der Waals surface area (Å²) in [6.45, 7) is 1.50. The van der Waals surface area contributed by atoms with Crippen LogP contribution in [0, 0.1) is 0 Å². The van der Waals surface area contributed by atoms with Crippen molar-refractivity contribution in [2.24, 2.45) is 0 Å². The van der Waals surface area contributed by atoms with Crippen molar-refractivity contribution in [1.82, 2.24) is 4.90 Å². The fourth-order valence-corrected chi connectivity index (χ4v) is 4.03. The maximum atomic E-state index is 12.5. The minimum absolute atomic E-state index is 0.0439. The van der Waals surface area contributed by atoms with Crippen LogP contribution in [-0.2, 0) is 14.8 Å². The number of amides is 1. The zero-order valence-electron chi connectivity index (χ0n) is 15.8. The minimum Gasteiger partial charge on any atom is -0.497 e. The van der Waals surface area contributed by atoms with Gasteiger partial charge in [0.15, 0.2) is 6.61 Å². The van der Waals surface area contributed by atoms with E-state index < -0.39 is 10.0 Å². The van der Waals surface area contributed by atoms with E-state index in [1.807, 2.05) is 0 Å². The number of anilines is 1. The molecule has 1 aliphatic heterocycles. The highest BCUT2D eigenvalue weighted by Crippen LogP contribution is 2.21. The topological polar surface area (TPSA) is 84.9 Å². The molecule has 0 atom stereocenters. The Hall–Kier alpha value is -2.74. The number of carbonyl (C=O) groups is 1. The minimum atomic E-state index is -3.72. The number of methoxy groups -OCH3 is 1. The molecule has 2 aromatic carbocycles. The van der Waals surface area contributed by atoms with Crippen LogP contribution in [0.3, 0.4) is 0 Å². The van der Waals surface area contributed by atoms with Crippen molar-refractivity contribution in [2.75, 3.05) is 31.5 Å². The summed E-state index contributed by atoms with van der Waals surface area (Å²) < 4.78 is 38.1. The number of hydrogen-bond acceptors (Lipinski definition) is 5. The molecule has 1 saturated heterocycles.